The van der Waals surface area contributed by atoms with Gasteiger partial charge in [0.05, 0.1) is 22.1 Å². The van der Waals surface area contributed by atoms with E-state index in [1.807, 2.05) is 13.8 Å². The zero-order chi connectivity index (χ0) is 15.6. The summed E-state index contributed by atoms with van der Waals surface area (Å²) in [5, 5.41) is 10.7. The van der Waals surface area contributed by atoms with Gasteiger partial charge in [-0.05, 0) is 29.8 Å². The van der Waals surface area contributed by atoms with E-state index in [9.17, 15) is 9.59 Å². The van der Waals surface area contributed by atoms with Crippen LogP contribution in [0.1, 0.15) is 23.1 Å². The Bertz CT molecular complexity index is 690. The van der Waals surface area contributed by atoms with Gasteiger partial charge in [-0.25, -0.2) is 0 Å². The van der Waals surface area contributed by atoms with Gasteiger partial charge >= 0.3 is 0 Å². The summed E-state index contributed by atoms with van der Waals surface area (Å²) in [6, 6.07) is 0. The molecule has 0 aliphatic carbocycles. The first kappa shape index (κ1) is 15.2. The number of hydrogen-bond acceptors (Lipinski definition) is 4. The number of amides is 2. The van der Waals surface area contributed by atoms with Crippen molar-refractivity contribution in [2.45, 2.75) is 26.9 Å². The van der Waals surface area contributed by atoms with Crippen molar-refractivity contribution in [1.29, 1.82) is 0 Å². The van der Waals surface area contributed by atoms with E-state index in [0.717, 1.165) is 10.2 Å². The van der Waals surface area contributed by atoms with Gasteiger partial charge in [0.25, 0.3) is 5.91 Å². The summed E-state index contributed by atoms with van der Waals surface area (Å²) < 4.78 is 3.91. The number of halogens is 1. The lowest BCUT2D eigenvalue weighted by molar-refractivity contribution is -0.116. The number of aromatic nitrogens is 4. The molecule has 2 rings (SSSR count). The van der Waals surface area contributed by atoms with E-state index in [4.69, 9.17) is 5.73 Å². The fraction of sp³-hybridized carbons (Fsp3) is 0.333. The molecule has 8 nitrogen and oxygen atoms in total. The van der Waals surface area contributed by atoms with E-state index in [1.54, 1.807) is 17.1 Å². The van der Waals surface area contributed by atoms with Crippen molar-refractivity contribution in [3.63, 3.8) is 0 Å². The molecule has 2 aromatic rings. The van der Waals surface area contributed by atoms with Crippen molar-refractivity contribution in [3.8, 4) is 0 Å². The Labute approximate surface area is 129 Å². The SMILES string of the molecule is CCn1cc(NC(=O)Cn2ncc(Br)c2C)c(C(N)=O)n1. The normalized spacial score (nSPS) is 10.6. The molecule has 0 bridgehead atoms. The Morgan fingerprint density at radius 1 is 1.48 bits per heavy atom. The summed E-state index contributed by atoms with van der Waals surface area (Å²) in [7, 11) is 0. The highest BCUT2D eigenvalue weighted by Gasteiger charge is 2.17. The predicted octanol–water partition coefficient (Wildman–Crippen LogP) is 0.908. The second kappa shape index (κ2) is 6.08. The molecule has 2 aromatic heterocycles. The first-order chi connectivity index (χ1) is 9.92. The number of nitrogens with two attached hydrogens (primary N) is 1. The summed E-state index contributed by atoms with van der Waals surface area (Å²) >= 11 is 3.33. The predicted molar refractivity (Wildman–Crippen MR) is 79.7 cm³/mol. The van der Waals surface area contributed by atoms with E-state index in [2.05, 4.69) is 31.4 Å². The van der Waals surface area contributed by atoms with Crippen LogP contribution in [0.15, 0.2) is 16.9 Å². The molecule has 0 aromatic carbocycles. The van der Waals surface area contributed by atoms with Crippen molar-refractivity contribution >= 4 is 33.4 Å². The van der Waals surface area contributed by atoms with Crippen LogP contribution in [0.4, 0.5) is 5.69 Å². The average Bonchev–Trinajstić information content (AvgIpc) is 2.97. The second-order valence-electron chi connectivity index (χ2n) is 4.40. The number of aryl methyl sites for hydroxylation is 1. The van der Waals surface area contributed by atoms with Gasteiger partial charge in [-0.15, -0.1) is 0 Å². The Balaban J connectivity index is 2.14. The Morgan fingerprint density at radius 3 is 2.71 bits per heavy atom. The minimum absolute atomic E-state index is 0.0347. The third-order valence-electron chi connectivity index (χ3n) is 2.93. The highest BCUT2D eigenvalue weighted by Crippen LogP contribution is 2.16. The van der Waals surface area contributed by atoms with Crippen LogP contribution in [0, 0.1) is 6.92 Å². The van der Waals surface area contributed by atoms with Gasteiger partial charge in [0.15, 0.2) is 5.69 Å². The first-order valence-corrected chi connectivity index (χ1v) is 7.06. The maximum atomic E-state index is 12.0. The molecule has 0 aliphatic heterocycles. The van der Waals surface area contributed by atoms with E-state index >= 15 is 0 Å². The standard InChI is InChI=1S/C12H15BrN6O2/c1-3-18-5-9(11(17-18)12(14)21)16-10(20)6-19-7(2)8(13)4-15-19/h4-5H,3,6H2,1-2H3,(H2,14,21)(H,16,20). The minimum Gasteiger partial charge on any atom is -0.364 e. The quantitative estimate of drug-likeness (QED) is 0.831. The molecule has 0 fully saturated rings. The van der Waals surface area contributed by atoms with Crippen molar-refractivity contribution in [3.05, 3.63) is 28.3 Å². The van der Waals surface area contributed by atoms with Gasteiger partial charge < -0.3 is 11.1 Å². The number of nitrogens with zero attached hydrogens (tertiary/aromatic N) is 4. The molecule has 0 aliphatic rings. The highest BCUT2D eigenvalue weighted by atomic mass is 79.9. The number of hydrogen-bond donors (Lipinski definition) is 2. The molecule has 9 heteroatoms. The Hall–Kier alpha value is -2.16. The Morgan fingerprint density at radius 2 is 2.19 bits per heavy atom. The maximum Gasteiger partial charge on any atom is 0.271 e. The molecule has 112 valence electrons. The third kappa shape index (κ3) is 3.30. The summed E-state index contributed by atoms with van der Waals surface area (Å²) in [5.74, 6) is -0.998. The van der Waals surface area contributed by atoms with Crippen LogP contribution in [0.25, 0.3) is 0 Å². The average molecular weight is 355 g/mol. The molecule has 0 saturated carbocycles. The smallest absolute Gasteiger partial charge is 0.271 e. The molecule has 0 spiro atoms. The highest BCUT2D eigenvalue weighted by molar-refractivity contribution is 9.10. The molecular formula is C12H15BrN6O2. The summed E-state index contributed by atoms with van der Waals surface area (Å²) in [6.07, 6.45) is 3.19. The fourth-order valence-corrected chi connectivity index (χ4v) is 2.06. The van der Waals surface area contributed by atoms with Crippen LogP contribution < -0.4 is 11.1 Å². The number of nitrogens with one attached hydrogen (secondary N) is 1. The fourth-order valence-electron chi connectivity index (χ4n) is 1.77. The van der Waals surface area contributed by atoms with Gasteiger partial charge in [0.2, 0.25) is 5.91 Å². The zero-order valence-electron chi connectivity index (χ0n) is 11.6. The number of rotatable bonds is 5. The van der Waals surface area contributed by atoms with Crippen molar-refractivity contribution in [2.75, 3.05) is 5.32 Å². The number of anilines is 1. The molecule has 2 heterocycles. The van der Waals surface area contributed by atoms with E-state index < -0.39 is 5.91 Å². The lowest BCUT2D eigenvalue weighted by Gasteiger charge is -2.06. The molecule has 2 amide bonds. The van der Waals surface area contributed by atoms with Gasteiger partial charge in [0.1, 0.15) is 6.54 Å². The largest absolute Gasteiger partial charge is 0.364 e. The van der Waals surface area contributed by atoms with Gasteiger partial charge in [-0.1, -0.05) is 0 Å². The third-order valence-corrected chi connectivity index (χ3v) is 3.71. The molecule has 3 N–H and O–H groups in total. The zero-order valence-corrected chi connectivity index (χ0v) is 13.2. The maximum absolute atomic E-state index is 12.0. The van der Waals surface area contributed by atoms with Crippen LogP contribution in [-0.2, 0) is 17.9 Å². The summed E-state index contributed by atoms with van der Waals surface area (Å²) in [6.45, 7) is 4.32. The lowest BCUT2D eigenvalue weighted by Crippen LogP contribution is -2.22. The number of primary amides is 1. The monoisotopic (exact) mass is 354 g/mol. The first-order valence-electron chi connectivity index (χ1n) is 6.27. The van der Waals surface area contributed by atoms with Crippen LogP contribution in [0.3, 0.4) is 0 Å². The van der Waals surface area contributed by atoms with Crippen molar-refractivity contribution in [1.82, 2.24) is 19.6 Å². The van der Waals surface area contributed by atoms with Crippen molar-refractivity contribution < 1.29 is 9.59 Å². The van der Waals surface area contributed by atoms with Crippen LogP contribution in [0.5, 0.6) is 0 Å². The summed E-state index contributed by atoms with van der Waals surface area (Å²) in [4.78, 5) is 23.4. The molecular weight excluding hydrogens is 340 g/mol. The number of carbonyl (C=O) groups excluding carboxylic acids is 2. The topological polar surface area (TPSA) is 108 Å². The molecule has 0 saturated heterocycles. The van der Waals surface area contributed by atoms with Gasteiger partial charge in [-0.3, -0.25) is 19.0 Å². The second-order valence-corrected chi connectivity index (χ2v) is 5.25. The van der Waals surface area contributed by atoms with Crippen LogP contribution in [-0.4, -0.2) is 31.4 Å². The van der Waals surface area contributed by atoms with Gasteiger partial charge in [0, 0.05) is 12.7 Å². The van der Waals surface area contributed by atoms with E-state index in [1.165, 1.54) is 4.68 Å². The Kier molecular flexibility index (Phi) is 4.41. The van der Waals surface area contributed by atoms with Crippen LogP contribution >= 0.6 is 15.9 Å². The van der Waals surface area contributed by atoms with Gasteiger partial charge in [-0.2, -0.15) is 10.2 Å². The molecule has 0 radical (unpaired) electrons. The molecule has 21 heavy (non-hydrogen) atoms. The molecule has 0 atom stereocenters. The molecule has 0 unspecified atom stereocenters. The van der Waals surface area contributed by atoms with Crippen LogP contribution in [0.2, 0.25) is 0 Å². The summed E-state index contributed by atoms with van der Waals surface area (Å²) in [5.41, 5.74) is 6.43. The van der Waals surface area contributed by atoms with Crippen molar-refractivity contribution in [2.24, 2.45) is 5.73 Å². The van der Waals surface area contributed by atoms with E-state index in [0.29, 0.717) is 12.2 Å². The number of carbonyl (C=O) groups is 2. The minimum atomic E-state index is -0.685. The van der Waals surface area contributed by atoms with E-state index in [-0.39, 0.29) is 18.1 Å². The lowest BCUT2D eigenvalue weighted by atomic mass is 10.3.